The van der Waals surface area contributed by atoms with Crippen molar-refractivity contribution in [2.24, 2.45) is 0 Å². The van der Waals surface area contributed by atoms with E-state index < -0.39 is 0 Å². The molecule has 2 aromatic rings. The Bertz CT molecular complexity index is 713. The molecule has 1 amide bonds. The van der Waals surface area contributed by atoms with E-state index in [0.717, 1.165) is 0 Å². The summed E-state index contributed by atoms with van der Waals surface area (Å²) >= 11 is 0. The Labute approximate surface area is 133 Å². The summed E-state index contributed by atoms with van der Waals surface area (Å²) in [6.45, 7) is 6.71. The van der Waals surface area contributed by atoms with E-state index >= 15 is 0 Å². The molecule has 1 saturated heterocycles. The monoisotopic (exact) mass is 318 g/mol. The van der Waals surface area contributed by atoms with E-state index in [0.29, 0.717) is 30.2 Å². The lowest BCUT2D eigenvalue weighted by Crippen LogP contribution is -2.50. The molecule has 1 aliphatic rings. The predicted octanol–water partition coefficient (Wildman–Crippen LogP) is 1.96. The average molecular weight is 318 g/mol. The van der Waals surface area contributed by atoms with Crippen LogP contribution in [0.2, 0.25) is 0 Å². The van der Waals surface area contributed by atoms with E-state index in [9.17, 15) is 9.18 Å². The highest BCUT2D eigenvalue weighted by atomic mass is 19.1. The van der Waals surface area contributed by atoms with Gasteiger partial charge in [0.2, 0.25) is 0 Å². The molecule has 122 valence electrons. The summed E-state index contributed by atoms with van der Waals surface area (Å²) in [6.07, 6.45) is 0.00241. The zero-order chi connectivity index (χ0) is 16.6. The van der Waals surface area contributed by atoms with Gasteiger partial charge in [-0.3, -0.25) is 4.79 Å². The Hall–Kier alpha value is -2.28. The fourth-order valence-electron chi connectivity index (χ4n) is 2.68. The third-order valence-corrected chi connectivity index (χ3v) is 4.04. The fourth-order valence-corrected chi connectivity index (χ4v) is 2.68. The van der Waals surface area contributed by atoms with Gasteiger partial charge >= 0.3 is 0 Å². The zero-order valence-corrected chi connectivity index (χ0v) is 13.4. The summed E-state index contributed by atoms with van der Waals surface area (Å²) in [5.74, 6) is -0.475. The van der Waals surface area contributed by atoms with E-state index in [1.807, 2.05) is 13.8 Å². The topological polar surface area (TPSA) is 60.3 Å². The average Bonchev–Trinajstić information content (AvgIpc) is 2.91. The highest BCUT2D eigenvalue weighted by molar-refractivity contribution is 5.93. The van der Waals surface area contributed by atoms with Crippen molar-refractivity contribution in [3.8, 4) is 5.69 Å². The van der Waals surface area contributed by atoms with E-state index in [-0.39, 0.29) is 23.9 Å². The van der Waals surface area contributed by atoms with E-state index in [2.05, 4.69) is 10.3 Å². The number of hydrogen-bond donors (Lipinski definition) is 0. The smallest absolute Gasteiger partial charge is 0.276 e. The minimum atomic E-state index is -0.320. The van der Waals surface area contributed by atoms with Crippen molar-refractivity contribution in [1.82, 2.24) is 19.9 Å². The largest absolute Gasteiger partial charge is 0.375 e. The molecule has 0 N–H and O–H groups in total. The molecule has 0 saturated carbocycles. The van der Waals surface area contributed by atoms with Crippen LogP contribution in [0, 0.1) is 12.7 Å². The van der Waals surface area contributed by atoms with Crippen LogP contribution in [0.5, 0.6) is 0 Å². The van der Waals surface area contributed by atoms with Crippen LogP contribution >= 0.6 is 0 Å². The Morgan fingerprint density at radius 3 is 2.70 bits per heavy atom. The van der Waals surface area contributed by atoms with Crippen LogP contribution in [0.1, 0.15) is 30.0 Å². The summed E-state index contributed by atoms with van der Waals surface area (Å²) in [7, 11) is 0. The fraction of sp³-hybridized carbons (Fsp3) is 0.438. The molecular weight excluding hydrogens is 299 g/mol. The van der Waals surface area contributed by atoms with Crippen molar-refractivity contribution in [3.63, 3.8) is 0 Å². The first-order valence-corrected chi connectivity index (χ1v) is 7.58. The molecule has 2 heterocycles. The van der Waals surface area contributed by atoms with Gasteiger partial charge in [-0.1, -0.05) is 5.21 Å². The number of halogens is 1. The van der Waals surface area contributed by atoms with Crippen molar-refractivity contribution in [3.05, 3.63) is 41.5 Å². The maximum Gasteiger partial charge on any atom is 0.276 e. The van der Waals surface area contributed by atoms with Crippen molar-refractivity contribution in [2.45, 2.75) is 32.9 Å². The van der Waals surface area contributed by atoms with Crippen LogP contribution in [0.25, 0.3) is 5.69 Å². The number of carbonyl (C=O) groups is 1. The molecule has 7 heteroatoms. The van der Waals surface area contributed by atoms with Crippen molar-refractivity contribution < 1.29 is 13.9 Å². The Kier molecular flexibility index (Phi) is 4.12. The number of nitrogens with zero attached hydrogens (tertiary/aromatic N) is 4. The Balaban J connectivity index is 1.89. The summed E-state index contributed by atoms with van der Waals surface area (Å²) < 4.78 is 20.1. The van der Waals surface area contributed by atoms with Crippen molar-refractivity contribution in [1.29, 1.82) is 0 Å². The minimum absolute atomic E-state index is 0.00241. The molecule has 0 unspecified atom stereocenters. The Morgan fingerprint density at radius 1 is 1.30 bits per heavy atom. The van der Waals surface area contributed by atoms with Gasteiger partial charge in [-0.25, -0.2) is 9.07 Å². The van der Waals surface area contributed by atoms with Gasteiger partial charge in [0.15, 0.2) is 5.69 Å². The van der Waals surface area contributed by atoms with E-state index in [1.165, 1.54) is 12.1 Å². The molecular formula is C16H19FN4O2. The molecule has 0 bridgehead atoms. The van der Waals surface area contributed by atoms with Gasteiger partial charge in [0.05, 0.1) is 30.1 Å². The number of ether oxygens (including phenoxy) is 1. The number of rotatable bonds is 2. The maximum atomic E-state index is 13.0. The number of hydrogen-bond acceptors (Lipinski definition) is 4. The highest BCUT2D eigenvalue weighted by Gasteiger charge is 2.31. The van der Waals surface area contributed by atoms with Crippen LogP contribution in [0.15, 0.2) is 24.3 Å². The first kappa shape index (κ1) is 15.6. The highest BCUT2D eigenvalue weighted by Crippen LogP contribution is 2.18. The third-order valence-electron chi connectivity index (χ3n) is 4.04. The molecule has 3 rings (SSSR count). The molecule has 0 radical (unpaired) electrons. The molecule has 1 aromatic carbocycles. The lowest BCUT2D eigenvalue weighted by atomic mass is 10.1. The second kappa shape index (κ2) is 6.08. The molecule has 23 heavy (non-hydrogen) atoms. The van der Waals surface area contributed by atoms with Gasteiger partial charge in [0.25, 0.3) is 5.91 Å². The SMILES string of the molecule is Cc1c(C(=O)N2C[C@@H](C)OC[C@@H]2C)nnn1-c1ccc(F)cc1. The van der Waals surface area contributed by atoms with Crippen LogP contribution in [-0.2, 0) is 4.74 Å². The third kappa shape index (κ3) is 2.96. The zero-order valence-electron chi connectivity index (χ0n) is 13.4. The molecule has 1 aliphatic heterocycles. The van der Waals surface area contributed by atoms with Gasteiger partial charge in [0, 0.05) is 6.54 Å². The maximum absolute atomic E-state index is 13.0. The minimum Gasteiger partial charge on any atom is -0.375 e. The van der Waals surface area contributed by atoms with Gasteiger partial charge in [-0.2, -0.15) is 0 Å². The molecule has 1 aromatic heterocycles. The number of amides is 1. The molecule has 2 atom stereocenters. The van der Waals surface area contributed by atoms with Gasteiger partial charge in [-0.15, -0.1) is 5.10 Å². The predicted molar refractivity (Wildman–Crippen MR) is 82.0 cm³/mol. The van der Waals surface area contributed by atoms with Crippen molar-refractivity contribution >= 4 is 5.91 Å². The second-order valence-electron chi connectivity index (χ2n) is 5.86. The molecule has 1 fully saturated rings. The second-order valence-corrected chi connectivity index (χ2v) is 5.86. The van der Waals surface area contributed by atoms with Crippen molar-refractivity contribution in [2.75, 3.05) is 13.2 Å². The van der Waals surface area contributed by atoms with Crippen LogP contribution < -0.4 is 0 Å². The van der Waals surface area contributed by atoms with E-state index in [4.69, 9.17) is 4.74 Å². The van der Waals surface area contributed by atoms with Crippen LogP contribution in [0.4, 0.5) is 4.39 Å². The summed E-state index contributed by atoms with van der Waals surface area (Å²) in [6, 6.07) is 5.90. The Morgan fingerprint density at radius 2 is 2.00 bits per heavy atom. The number of aromatic nitrogens is 3. The quantitative estimate of drug-likeness (QED) is 0.849. The molecule has 6 nitrogen and oxygen atoms in total. The number of carbonyl (C=O) groups excluding carboxylic acids is 1. The number of morpholine rings is 1. The summed E-state index contributed by atoms with van der Waals surface area (Å²) in [5.41, 5.74) is 1.61. The number of benzene rings is 1. The summed E-state index contributed by atoms with van der Waals surface area (Å²) in [5, 5.41) is 8.08. The van der Waals surface area contributed by atoms with Gasteiger partial charge < -0.3 is 9.64 Å². The van der Waals surface area contributed by atoms with Crippen LogP contribution in [0.3, 0.4) is 0 Å². The first-order chi connectivity index (χ1) is 11.0. The lowest BCUT2D eigenvalue weighted by molar-refractivity contribution is -0.0389. The summed E-state index contributed by atoms with van der Waals surface area (Å²) in [4.78, 5) is 14.5. The molecule has 0 spiro atoms. The van der Waals surface area contributed by atoms with Gasteiger partial charge in [0.1, 0.15) is 5.82 Å². The van der Waals surface area contributed by atoms with Gasteiger partial charge in [-0.05, 0) is 45.0 Å². The first-order valence-electron chi connectivity index (χ1n) is 7.58. The standard InChI is InChI=1S/C16H19FN4O2/c1-10-9-23-11(2)8-20(10)16(22)15-12(3)21(19-18-15)14-6-4-13(17)5-7-14/h4-7,10-11H,8-9H2,1-3H3/t10-,11+/m0/s1. The van der Waals surface area contributed by atoms with E-state index in [1.54, 1.807) is 28.6 Å². The normalized spacial score (nSPS) is 21.5. The lowest BCUT2D eigenvalue weighted by Gasteiger charge is -2.36. The van der Waals surface area contributed by atoms with Crippen LogP contribution in [-0.4, -0.2) is 51.1 Å². The molecule has 0 aliphatic carbocycles.